The second-order valence-corrected chi connectivity index (χ2v) is 5.65. The number of aromatic nitrogens is 1. The Labute approximate surface area is 145 Å². The molecular weight excluding hydrogens is 318 g/mol. The van der Waals surface area contributed by atoms with Gasteiger partial charge in [0.25, 0.3) is 11.8 Å². The molecule has 6 heteroatoms. The molecule has 1 heterocycles. The number of fused-ring (bicyclic) bond motifs is 1. The van der Waals surface area contributed by atoms with Gasteiger partial charge >= 0.3 is 0 Å². The maximum atomic E-state index is 12.6. The summed E-state index contributed by atoms with van der Waals surface area (Å²) in [4.78, 5) is 27.5. The van der Waals surface area contributed by atoms with E-state index < -0.39 is 0 Å². The summed E-state index contributed by atoms with van der Waals surface area (Å²) in [6, 6.07) is 12.6. The summed E-state index contributed by atoms with van der Waals surface area (Å²) in [6.45, 7) is 1.80. The molecule has 6 nitrogen and oxygen atoms in total. The van der Waals surface area contributed by atoms with Gasteiger partial charge in [-0.15, -0.1) is 0 Å². The van der Waals surface area contributed by atoms with Crippen molar-refractivity contribution in [3.63, 3.8) is 0 Å². The van der Waals surface area contributed by atoms with Gasteiger partial charge in [0.1, 0.15) is 11.4 Å². The van der Waals surface area contributed by atoms with Crippen LogP contribution in [0.1, 0.15) is 26.4 Å². The minimum absolute atomic E-state index is 0.189. The predicted molar refractivity (Wildman–Crippen MR) is 97.4 cm³/mol. The molecule has 0 radical (unpaired) electrons. The van der Waals surface area contributed by atoms with E-state index in [-0.39, 0.29) is 11.8 Å². The van der Waals surface area contributed by atoms with Gasteiger partial charge in [0.2, 0.25) is 0 Å². The van der Waals surface area contributed by atoms with Gasteiger partial charge in [-0.25, -0.2) is 0 Å². The Kier molecular flexibility index (Phi) is 4.43. The number of carbonyl (C=O) groups excluding carboxylic acids is 2. The molecule has 3 N–H and O–H groups in total. The number of methoxy groups -OCH3 is 1. The van der Waals surface area contributed by atoms with E-state index >= 15 is 0 Å². The van der Waals surface area contributed by atoms with Gasteiger partial charge in [-0.05, 0) is 42.8 Å². The van der Waals surface area contributed by atoms with Crippen LogP contribution >= 0.6 is 0 Å². The maximum absolute atomic E-state index is 12.6. The maximum Gasteiger partial charge on any atom is 0.272 e. The molecular formula is C19H19N3O3. The lowest BCUT2D eigenvalue weighted by atomic mass is 10.1. The fraction of sp³-hybridized carbons (Fsp3) is 0.158. The van der Waals surface area contributed by atoms with Crippen molar-refractivity contribution in [1.82, 2.24) is 10.3 Å². The molecule has 1 aromatic heterocycles. The van der Waals surface area contributed by atoms with Crippen LogP contribution in [0.2, 0.25) is 0 Å². The Morgan fingerprint density at radius 2 is 1.88 bits per heavy atom. The fourth-order valence-corrected chi connectivity index (χ4v) is 2.70. The SMILES string of the molecule is CNC(=O)c1cccc(NC(=O)c2cc3ccc(OC)cc3[nH]2)c1C. The zero-order chi connectivity index (χ0) is 18.0. The van der Waals surface area contributed by atoms with Crippen LogP contribution in [-0.4, -0.2) is 31.0 Å². The molecule has 25 heavy (non-hydrogen) atoms. The van der Waals surface area contributed by atoms with Crippen LogP contribution in [0.4, 0.5) is 5.69 Å². The molecule has 0 bridgehead atoms. The summed E-state index contributed by atoms with van der Waals surface area (Å²) in [7, 11) is 3.17. The van der Waals surface area contributed by atoms with E-state index in [1.165, 1.54) is 0 Å². The average molecular weight is 337 g/mol. The summed E-state index contributed by atoms with van der Waals surface area (Å²) >= 11 is 0. The van der Waals surface area contributed by atoms with Crippen molar-refractivity contribution in [2.45, 2.75) is 6.92 Å². The van der Waals surface area contributed by atoms with E-state index in [1.54, 1.807) is 45.3 Å². The minimum Gasteiger partial charge on any atom is -0.497 e. The molecule has 128 valence electrons. The predicted octanol–water partition coefficient (Wildman–Crippen LogP) is 3.10. The second-order valence-electron chi connectivity index (χ2n) is 5.65. The van der Waals surface area contributed by atoms with Gasteiger partial charge in [0.15, 0.2) is 0 Å². The molecule has 0 aliphatic carbocycles. The van der Waals surface area contributed by atoms with Gasteiger partial charge in [0, 0.05) is 35.3 Å². The summed E-state index contributed by atoms with van der Waals surface area (Å²) in [6.07, 6.45) is 0. The molecule has 0 aliphatic heterocycles. The molecule has 0 saturated carbocycles. The van der Waals surface area contributed by atoms with Gasteiger partial charge < -0.3 is 20.4 Å². The quantitative estimate of drug-likeness (QED) is 0.684. The zero-order valence-corrected chi connectivity index (χ0v) is 14.3. The van der Waals surface area contributed by atoms with Crippen LogP contribution < -0.4 is 15.4 Å². The number of benzene rings is 2. The minimum atomic E-state index is -0.271. The van der Waals surface area contributed by atoms with E-state index in [0.717, 1.165) is 16.7 Å². The van der Waals surface area contributed by atoms with Gasteiger partial charge in [-0.1, -0.05) is 6.07 Å². The number of ether oxygens (including phenoxy) is 1. The number of aromatic amines is 1. The highest BCUT2D eigenvalue weighted by atomic mass is 16.5. The first-order chi connectivity index (χ1) is 12.0. The van der Waals surface area contributed by atoms with E-state index in [2.05, 4.69) is 15.6 Å². The van der Waals surface area contributed by atoms with Crippen molar-refractivity contribution in [1.29, 1.82) is 0 Å². The van der Waals surface area contributed by atoms with Crippen molar-refractivity contribution in [3.8, 4) is 5.75 Å². The Balaban J connectivity index is 1.89. The Bertz CT molecular complexity index is 960. The molecule has 0 spiro atoms. The number of carbonyl (C=O) groups is 2. The van der Waals surface area contributed by atoms with Crippen molar-refractivity contribution in [2.24, 2.45) is 0 Å². The van der Waals surface area contributed by atoms with Gasteiger partial charge in [-0.2, -0.15) is 0 Å². The molecule has 0 aliphatic rings. The third kappa shape index (κ3) is 3.19. The van der Waals surface area contributed by atoms with Crippen LogP contribution in [0.3, 0.4) is 0 Å². The van der Waals surface area contributed by atoms with Crippen LogP contribution in [0.25, 0.3) is 10.9 Å². The van der Waals surface area contributed by atoms with Crippen LogP contribution in [0.5, 0.6) is 5.75 Å². The monoisotopic (exact) mass is 337 g/mol. The molecule has 0 saturated heterocycles. The molecule has 2 aromatic carbocycles. The first-order valence-electron chi connectivity index (χ1n) is 7.83. The van der Waals surface area contributed by atoms with Gasteiger partial charge in [-0.3, -0.25) is 9.59 Å². The Morgan fingerprint density at radius 3 is 2.60 bits per heavy atom. The van der Waals surface area contributed by atoms with E-state index in [9.17, 15) is 9.59 Å². The van der Waals surface area contributed by atoms with Crippen molar-refractivity contribution < 1.29 is 14.3 Å². The second kappa shape index (κ2) is 6.68. The molecule has 3 aromatic rings. The topological polar surface area (TPSA) is 83.2 Å². The lowest BCUT2D eigenvalue weighted by Gasteiger charge is -2.11. The smallest absolute Gasteiger partial charge is 0.272 e. The zero-order valence-electron chi connectivity index (χ0n) is 14.3. The van der Waals surface area contributed by atoms with E-state index in [0.29, 0.717) is 22.5 Å². The third-order valence-corrected chi connectivity index (χ3v) is 4.13. The summed E-state index contributed by atoms with van der Waals surface area (Å²) in [5.41, 5.74) is 3.10. The summed E-state index contributed by atoms with van der Waals surface area (Å²) < 4.78 is 5.19. The Morgan fingerprint density at radius 1 is 1.08 bits per heavy atom. The highest BCUT2D eigenvalue weighted by Crippen LogP contribution is 2.23. The highest BCUT2D eigenvalue weighted by Gasteiger charge is 2.14. The number of hydrogen-bond acceptors (Lipinski definition) is 3. The molecule has 0 atom stereocenters. The number of H-pyrrole nitrogens is 1. The van der Waals surface area contributed by atoms with Gasteiger partial charge in [0.05, 0.1) is 7.11 Å². The van der Waals surface area contributed by atoms with Crippen LogP contribution in [-0.2, 0) is 0 Å². The normalized spacial score (nSPS) is 10.5. The first kappa shape index (κ1) is 16.6. The largest absolute Gasteiger partial charge is 0.497 e. The summed E-state index contributed by atoms with van der Waals surface area (Å²) in [5, 5.41) is 6.37. The number of hydrogen-bond donors (Lipinski definition) is 3. The number of anilines is 1. The average Bonchev–Trinajstić information content (AvgIpc) is 3.06. The number of nitrogens with one attached hydrogen (secondary N) is 3. The van der Waals surface area contributed by atoms with E-state index in [1.807, 2.05) is 18.2 Å². The molecule has 0 unspecified atom stereocenters. The molecule has 2 amide bonds. The highest BCUT2D eigenvalue weighted by molar-refractivity contribution is 6.07. The number of amides is 2. The van der Waals surface area contributed by atoms with E-state index in [4.69, 9.17) is 4.74 Å². The first-order valence-corrected chi connectivity index (χ1v) is 7.83. The lowest BCUT2D eigenvalue weighted by Crippen LogP contribution is -2.20. The third-order valence-electron chi connectivity index (χ3n) is 4.13. The van der Waals surface area contributed by atoms with Crippen molar-refractivity contribution in [3.05, 3.63) is 59.3 Å². The van der Waals surface area contributed by atoms with Crippen LogP contribution in [0, 0.1) is 6.92 Å². The van der Waals surface area contributed by atoms with Crippen molar-refractivity contribution in [2.75, 3.05) is 19.5 Å². The lowest BCUT2D eigenvalue weighted by molar-refractivity contribution is 0.0960. The van der Waals surface area contributed by atoms with Crippen LogP contribution in [0.15, 0.2) is 42.5 Å². The molecule has 0 fully saturated rings. The summed E-state index contributed by atoms with van der Waals surface area (Å²) in [5.74, 6) is 0.258. The fourth-order valence-electron chi connectivity index (χ4n) is 2.70. The molecule has 3 rings (SSSR count). The number of rotatable bonds is 4. The van der Waals surface area contributed by atoms with Crippen molar-refractivity contribution >= 4 is 28.4 Å². The standard InChI is InChI=1S/C19H19N3O3/c1-11-14(18(23)20-2)5-4-6-15(11)22-19(24)17-9-12-7-8-13(25-3)10-16(12)21-17/h4-10,21H,1-3H3,(H,20,23)(H,22,24). The Hall–Kier alpha value is -3.28.